The van der Waals surface area contributed by atoms with Crippen LogP contribution in [-0.4, -0.2) is 30.2 Å². The van der Waals surface area contributed by atoms with Gasteiger partial charge in [-0.05, 0) is 37.0 Å². The Morgan fingerprint density at radius 3 is 2.73 bits per heavy atom. The van der Waals surface area contributed by atoms with Gasteiger partial charge >= 0.3 is 0 Å². The van der Waals surface area contributed by atoms with Gasteiger partial charge in [-0.3, -0.25) is 0 Å². The molecule has 2 heterocycles. The van der Waals surface area contributed by atoms with E-state index in [9.17, 15) is 0 Å². The van der Waals surface area contributed by atoms with Crippen LogP contribution in [-0.2, 0) is 6.54 Å². The van der Waals surface area contributed by atoms with Crippen LogP contribution in [0.25, 0.3) is 0 Å². The van der Waals surface area contributed by atoms with Crippen LogP contribution in [0.15, 0.2) is 30.6 Å². The molecule has 0 atom stereocenters. The fourth-order valence-corrected chi connectivity index (χ4v) is 2.81. The van der Waals surface area contributed by atoms with Gasteiger partial charge in [0.15, 0.2) is 0 Å². The van der Waals surface area contributed by atoms with E-state index in [1.54, 1.807) is 13.4 Å². The van der Waals surface area contributed by atoms with Crippen LogP contribution in [0, 0.1) is 6.92 Å². The second-order valence-electron chi connectivity index (χ2n) is 5.61. The largest absolute Gasteiger partial charge is 0.496 e. The molecule has 0 aliphatic carbocycles. The molecule has 1 aromatic carbocycles. The maximum Gasteiger partial charge on any atom is 0.134 e. The first-order chi connectivity index (χ1) is 10.8. The molecule has 1 aliphatic heterocycles. The zero-order valence-electron chi connectivity index (χ0n) is 13.2. The highest BCUT2D eigenvalue weighted by atomic mass is 16.5. The van der Waals surface area contributed by atoms with E-state index < -0.39 is 0 Å². The van der Waals surface area contributed by atoms with Crippen LogP contribution in [0.1, 0.15) is 24.0 Å². The normalized spacial score (nSPS) is 14.2. The first kappa shape index (κ1) is 14.6. The second-order valence-corrected chi connectivity index (χ2v) is 5.61. The number of rotatable bonds is 5. The summed E-state index contributed by atoms with van der Waals surface area (Å²) in [5.74, 6) is 2.80. The Hall–Kier alpha value is -2.30. The van der Waals surface area contributed by atoms with E-state index in [2.05, 4.69) is 39.2 Å². The quantitative estimate of drug-likeness (QED) is 0.919. The summed E-state index contributed by atoms with van der Waals surface area (Å²) < 4.78 is 5.29. The molecule has 0 spiro atoms. The topological polar surface area (TPSA) is 50.3 Å². The highest BCUT2D eigenvalue weighted by Gasteiger charge is 2.13. The minimum Gasteiger partial charge on any atom is -0.496 e. The number of ether oxygens (including phenoxy) is 1. The molecule has 1 aliphatic rings. The number of hydrogen-bond donors (Lipinski definition) is 1. The highest BCUT2D eigenvalue weighted by molar-refractivity contribution is 5.49. The summed E-state index contributed by atoms with van der Waals surface area (Å²) in [5, 5.41) is 3.37. The number of methoxy groups -OCH3 is 1. The molecule has 1 N–H and O–H groups in total. The smallest absolute Gasteiger partial charge is 0.134 e. The molecule has 0 unspecified atom stereocenters. The molecule has 1 saturated heterocycles. The zero-order valence-corrected chi connectivity index (χ0v) is 13.2. The SMILES string of the molecule is COc1ccc(CNc2cc(N3CCCC3)ncn2)cc1C. The molecule has 0 bridgehead atoms. The Morgan fingerprint density at radius 1 is 1.18 bits per heavy atom. The van der Waals surface area contributed by atoms with E-state index >= 15 is 0 Å². The Kier molecular flexibility index (Phi) is 4.42. The molecule has 22 heavy (non-hydrogen) atoms. The molecule has 5 heteroatoms. The van der Waals surface area contributed by atoms with Gasteiger partial charge in [0.2, 0.25) is 0 Å². The third kappa shape index (κ3) is 3.30. The summed E-state index contributed by atoms with van der Waals surface area (Å²) in [6.07, 6.45) is 4.13. The lowest BCUT2D eigenvalue weighted by Crippen LogP contribution is -2.19. The predicted octanol–water partition coefficient (Wildman–Crippen LogP) is 3.01. The van der Waals surface area contributed by atoms with Crippen LogP contribution < -0.4 is 15.0 Å². The summed E-state index contributed by atoms with van der Waals surface area (Å²) >= 11 is 0. The van der Waals surface area contributed by atoms with Crippen molar-refractivity contribution < 1.29 is 4.74 Å². The second kappa shape index (κ2) is 6.64. The number of nitrogens with zero attached hydrogens (tertiary/aromatic N) is 3. The number of benzene rings is 1. The van der Waals surface area contributed by atoms with Crippen LogP contribution >= 0.6 is 0 Å². The summed E-state index contributed by atoms with van der Waals surface area (Å²) in [6, 6.07) is 8.24. The van der Waals surface area contributed by atoms with Crippen LogP contribution in [0.2, 0.25) is 0 Å². The van der Waals surface area contributed by atoms with E-state index in [1.165, 1.54) is 18.4 Å². The van der Waals surface area contributed by atoms with Crippen molar-refractivity contribution >= 4 is 11.6 Å². The maximum absolute atomic E-state index is 5.29. The van der Waals surface area contributed by atoms with Crippen molar-refractivity contribution in [1.29, 1.82) is 0 Å². The van der Waals surface area contributed by atoms with Crippen molar-refractivity contribution in [2.75, 3.05) is 30.4 Å². The summed E-state index contributed by atoms with van der Waals surface area (Å²) in [4.78, 5) is 11.0. The van der Waals surface area contributed by atoms with Gasteiger partial charge < -0.3 is 15.0 Å². The number of aryl methyl sites for hydroxylation is 1. The lowest BCUT2D eigenvalue weighted by atomic mass is 10.1. The van der Waals surface area contributed by atoms with Crippen LogP contribution in [0.4, 0.5) is 11.6 Å². The van der Waals surface area contributed by atoms with Gasteiger partial charge in [-0.15, -0.1) is 0 Å². The number of nitrogens with one attached hydrogen (secondary N) is 1. The maximum atomic E-state index is 5.29. The Labute approximate surface area is 131 Å². The van der Waals surface area contributed by atoms with Gasteiger partial charge in [0, 0.05) is 25.7 Å². The third-order valence-electron chi connectivity index (χ3n) is 4.02. The minimum atomic E-state index is 0.737. The fourth-order valence-electron chi connectivity index (χ4n) is 2.81. The highest BCUT2D eigenvalue weighted by Crippen LogP contribution is 2.21. The minimum absolute atomic E-state index is 0.737. The fraction of sp³-hybridized carbons (Fsp3) is 0.412. The molecule has 1 fully saturated rings. The lowest BCUT2D eigenvalue weighted by Gasteiger charge is -2.16. The third-order valence-corrected chi connectivity index (χ3v) is 4.02. The van der Waals surface area contributed by atoms with Gasteiger partial charge in [0.05, 0.1) is 7.11 Å². The molecule has 1 aromatic heterocycles. The molecule has 116 valence electrons. The van der Waals surface area contributed by atoms with Crippen molar-refractivity contribution in [1.82, 2.24) is 9.97 Å². The molecule has 3 rings (SSSR count). The van der Waals surface area contributed by atoms with Gasteiger partial charge in [0.1, 0.15) is 23.7 Å². The van der Waals surface area contributed by atoms with E-state index in [4.69, 9.17) is 4.74 Å². The molecule has 2 aromatic rings. The van der Waals surface area contributed by atoms with Crippen molar-refractivity contribution in [3.63, 3.8) is 0 Å². The number of aromatic nitrogens is 2. The predicted molar refractivity (Wildman–Crippen MR) is 88.5 cm³/mol. The van der Waals surface area contributed by atoms with Crippen LogP contribution in [0.3, 0.4) is 0 Å². The van der Waals surface area contributed by atoms with Gasteiger partial charge in [-0.2, -0.15) is 0 Å². The van der Waals surface area contributed by atoms with Crippen molar-refractivity contribution in [3.8, 4) is 5.75 Å². The molecule has 0 amide bonds. The Balaban J connectivity index is 1.66. The molecular formula is C17H22N4O. The van der Waals surface area contributed by atoms with Gasteiger partial charge in [0.25, 0.3) is 0 Å². The van der Waals surface area contributed by atoms with Crippen molar-refractivity contribution in [3.05, 3.63) is 41.7 Å². The van der Waals surface area contributed by atoms with Crippen LogP contribution in [0.5, 0.6) is 5.75 Å². The molecule has 0 saturated carbocycles. The molecular weight excluding hydrogens is 276 g/mol. The van der Waals surface area contributed by atoms with Crippen molar-refractivity contribution in [2.45, 2.75) is 26.3 Å². The molecule has 0 radical (unpaired) electrons. The zero-order chi connectivity index (χ0) is 15.4. The first-order valence-corrected chi connectivity index (χ1v) is 7.70. The summed E-state index contributed by atoms with van der Waals surface area (Å²) in [7, 11) is 1.70. The van der Waals surface area contributed by atoms with Gasteiger partial charge in [-0.1, -0.05) is 12.1 Å². The summed E-state index contributed by atoms with van der Waals surface area (Å²) in [5.41, 5.74) is 2.35. The van der Waals surface area contributed by atoms with Crippen molar-refractivity contribution in [2.24, 2.45) is 0 Å². The van der Waals surface area contributed by atoms with Gasteiger partial charge in [-0.25, -0.2) is 9.97 Å². The lowest BCUT2D eigenvalue weighted by molar-refractivity contribution is 0.411. The number of anilines is 2. The van der Waals surface area contributed by atoms with E-state index in [1.807, 2.05) is 12.1 Å². The van der Waals surface area contributed by atoms with E-state index in [-0.39, 0.29) is 0 Å². The monoisotopic (exact) mass is 298 g/mol. The summed E-state index contributed by atoms with van der Waals surface area (Å²) in [6.45, 7) is 4.97. The van der Waals surface area contributed by atoms with E-state index in [0.717, 1.165) is 42.6 Å². The Bertz CT molecular complexity index is 638. The number of hydrogen-bond acceptors (Lipinski definition) is 5. The standard InChI is InChI=1S/C17H22N4O/c1-13-9-14(5-6-15(13)22-2)11-18-16-10-17(20-12-19-16)21-7-3-4-8-21/h5-6,9-10,12H,3-4,7-8,11H2,1-2H3,(H,18,19,20). The average Bonchev–Trinajstić information content (AvgIpc) is 3.08. The average molecular weight is 298 g/mol. The molecule has 5 nitrogen and oxygen atoms in total. The Morgan fingerprint density at radius 2 is 2.00 bits per heavy atom. The van der Waals surface area contributed by atoms with E-state index in [0.29, 0.717) is 0 Å². The first-order valence-electron chi connectivity index (χ1n) is 7.70.